The second kappa shape index (κ2) is 2.11. The van der Waals surface area contributed by atoms with E-state index in [0.717, 1.165) is 12.8 Å². The Kier molecular flexibility index (Phi) is 1.26. The molecule has 2 rings (SSSR count). The first kappa shape index (κ1) is 5.96. The molecule has 1 heterocycles. The largest absolute Gasteiger partial charge is 0.458 e. The molecule has 0 saturated carbocycles. The lowest BCUT2D eigenvalue weighted by Gasteiger charge is -2.24. The van der Waals surface area contributed by atoms with Crippen molar-refractivity contribution in [1.82, 2.24) is 0 Å². The second-order valence-corrected chi connectivity index (χ2v) is 2.92. The maximum Gasteiger partial charge on any atom is 0.306 e. The minimum Gasteiger partial charge on any atom is -0.458 e. The van der Waals surface area contributed by atoms with Crippen LogP contribution in [-0.2, 0) is 9.53 Å². The van der Waals surface area contributed by atoms with Crippen LogP contribution in [0.15, 0.2) is 12.2 Å². The van der Waals surface area contributed by atoms with Gasteiger partial charge in [0.1, 0.15) is 6.10 Å². The Balaban J connectivity index is 2.08. The number of carbonyl (C=O) groups is 1. The molecule has 0 aromatic carbocycles. The Morgan fingerprint density at radius 1 is 1.60 bits per heavy atom. The maximum absolute atomic E-state index is 10.7. The van der Waals surface area contributed by atoms with Crippen LogP contribution in [-0.4, -0.2) is 12.1 Å². The first-order chi connectivity index (χ1) is 4.86. The van der Waals surface area contributed by atoms with Gasteiger partial charge in [0, 0.05) is 12.3 Å². The molecule has 2 heteroatoms. The molecular formula is C8H10O2. The summed E-state index contributed by atoms with van der Waals surface area (Å²) in [5, 5.41) is 0. The molecule has 2 atom stereocenters. The van der Waals surface area contributed by atoms with Gasteiger partial charge in [-0.2, -0.15) is 0 Å². The van der Waals surface area contributed by atoms with Crippen molar-refractivity contribution in [3.63, 3.8) is 0 Å². The van der Waals surface area contributed by atoms with Gasteiger partial charge in [0.2, 0.25) is 0 Å². The van der Waals surface area contributed by atoms with Crippen molar-refractivity contribution in [2.45, 2.75) is 25.4 Å². The zero-order chi connectivity index (χ0) is 6.97. The van der Waals surface area contributed by atoms with Crippen molar-refractivity contribution in [2.75, 3.05) is 0 Å². The number of fused-ring (bicyclic) bond motifs is 1. The third kappa shape index (κ3) is 0.838. The van der Waals surface area contributed by atoms with Gasteiger partial charge in [0.15, 0.2) is 0 Å². The van der Waals surface area contributed by atoms with Crippen molar-refractivity contribution in [1.29, 1.82) is 0 Å². The summed E-state index contributed by atoms with van der Waals surface area (Å²) >= 11 is 0. The highest BCUT2D eigenvalue weighted by molar-refractivity contribution is 5.70. The molecule has 10 heavy (non-hydrogen) atoms. The summed E-state index contributed by atoms with van der Waals surface area (Å²) < 4.78 is 5.08. The lowest BCUT2D eigenvalue weighted by Crippen LogP contribution is -2.27. The summed E-state index contributed by atoms with van der Waals surface area (Å²) in [5.74, 6) is 0.561. The molecule has 1 aliphatic heterocycles. The third-order valence-corrected chi connectivity index (χ3v) is 2.22. The van der Waals surface area contributed by atoms with E-state index < -0.39 is 0 Å². The molecule has 0 radical (unpaired) electrons. The van der Waals surface area contributed by atoms with Gasteiger partial charge in [0.05, 0.1) is 0 Å². The number of allylic oxidation sites excluding steroid dienone is 1. The van der Waals surface area contributed by atoms with E-state index in [1.807, 2.05) is 6.08 Å². The van der Waals surface area contributed by atoms with Crippen LogP contribution >= 0.6 is 0 Å². The average molecular weight is 138 g/mol. The van der Waals surface area contributed by atoms with Gasteiger partial charge >= 0.3 is 5.97 Å². The Hall–Kier alpha value is -0.790. The first-order valence-corrected chi connectivity index (χ1v) is 3.72. The van der Waals surface area contributed by atoms with Crippen LogP contribution in [0.5, 0.6) is 0 Å². The van der Waals surface area contributed by atoms with Gasteiger partial charge in [0.25, 0.3) is 0 Å². The normalized spacial score (nSPS) is 37.4. The Morgan fingerprint density at radius 2 is 2.50 bits per heavy atom. The molecule has 1 aliphatic carbocycles. The molecule has 0 aromatic heterocycles. The van der Waals surface area contributed by atoms with Crippen LogP contribution < -0.4 is 0 Å². The number of hydrogen-bond acceptors (Lipinski definition) is 2. The van der Waals surface area contributed by atoms with Crippen LogP contribution in [0.2, 0.25) is 0 Å². The number of carbonyl (C=O) groups excluding carboxylic acids is 1. The molecule has 0 N–H and O–H groups in total. The van der Waals surface area contributed by atoms with E-state index >= 15 is 0 Å². The van der Waals surface area contributed by atoms with E-state index in [9.17, 15) is 4.79 Å². The molecule has 0 aromatic rings. The quantitative estimate of drug-likeness (QED) is 0.372. The first-order valence-electron chi connectivity index (χ1n) is 3.72. The third-order valence-electron chi connectivity index (χ3n) is 2.22. The monoisotopic (exact) mass is 138 g/mol. The van der Waals surface area contributed by atoms with Crippen molar-refractivity contribution >= 4 is 5.97 Å². The highest BCUT2D eigenvalue weighted by Crippen LogP contribution is 2.30. The van der Waals surface area contributed by atoms with Gasteiger partial charge in [-0.3, -0.25) is 4.79 Å². The molecule has 0 spiro atoms. The van der Waals surface area contributed by atoms with Gasteiger partial charge in [-0.25, -0.2) is 0 Å². The second-order valence-electron chi connectivity index (χ2n) is 2.92. The highest BCUT2D eigenvalue weighted by Gasteiger charge is 2.30. The SMILES string of the molecule is O=C1CC[C@H]2CC=C[C@H]2O1. The summed E-state index contributed by atoms with van der Waals surface area (Å²) in [5.41, 5.74) is 0. The fraction of sp³-hybridized carbons (Fsp3) is 0.625. The van der Waals surface area contributed by atoms with Crippen LogP contribution in [0, 0.1) is 5.92 Å². The molecule has 2 nitrogen and oxygen atoms in total. The number of ether oxygens (including phenoxy) is 1. The zero-order valence-corrected chi connectivity index (χ0v) is 5.75. The smallest absolute Gasteiger partial charge is 0.306 e. The van der Waals surface area contributed by atoms with Gasteiger partial charge in [-0.1, -0.05) is 6.08 Å². The van der Waals surface area contributed by atoms with Gasteiger partial charge in [-0.05, 0) is 18.9 Å². The molecule has 2 aliphatic rings. The van der Waals surface area contributed by atoms with E-state index in [1.165, 1.54) is 0 Å². The lowest BCUT2D eigenvalue weighted by atomic mass is 9.96. The number of hydrogen-bond donors (Lipinski definition) is 0. The Morgan fingerprint density at radius 3 is 3.40 bits per heavy atom. The minimum atomic E-state index is -0.0344. The van der Waals surface area contributed by atoms with Gasteiger partial charge < -0.3 is 4.74 Å². The zero-order valence-electron chi connectivity index (χ0n) is 5.75. The van der Waals surface area contributed by atoms with Crippen molar-refractivity contribution in [3.05, 3.63) is 12.2 Å². The van der Waals surface area contributed by atoms with E-state index in [1.54, 1.807) is 0 Å². The van der Waals surface area contributed by atoms with E-state index in [2.05, 4.69) is 6.08 Å². The van der Waals surface area contributed by atoms with E-state index in [0.29, 0.717) is 12.3 Å². The summed E-state index contributed by atoms with van der Waals surface area (Å²) in [4.78, 5) is 10.7. The maximum atomic E-state index is 10.7. The number of rotatable bonds is 0. The van der Waals surface area contributed by atoms with Crippen molar-refractivity contribution in [2.24, 2.45) is 5.92 Å². The van der Waals surface area contributed by atoms with Crippen LogP contribution in [0.1, 0.15) is 19.3 Å². The van der Waals surface area contributed by atoms with Crippen molar-refractivity contribution < 1.29 is 9.53 Å². The molecular weight excluding hydrogens is 128 g/mol. The highest BCUT2D eigenvalue weighted by atomic mass is 16.5. The van der Waals surface area contributed by atoms with E-state index in [4.69, 9.17) is 4.74 Å². The fourth-order valence-corrected chi connectivity index (χ4v) is 1.61. The van der Waals surface area contributed by atoms with Crippen LogP contribution in [0.25, 0.3) is 0 Å². The van der Waals surface area contributed by atoms with Crippen LogP contribution in [0.3, 0.4) is 0 Å². The van der Waals surface area contributed by atoms with Crippen LogP contribution in [0.4, 0.5) is 0 Å². The topological polar surface area (TPSA) is 26.3 Å². The Labute approximate surface area is 59.9 Å². The molecule has 0 bridgehead atoms. The summed E-state index contributed by atoms with van der Waals surface area (Å²) in [6, 6.07) is 0. The summed E-state index contributed by atoms with van der Waals surface area (Å²) in [7, 11) is 0. The molecule has 0 amide bonds. The molecule has 0 unspecified atom stereocenters. The van der Waals surface area contributed by atoms with E-state index in [-0.39, 0.29) is 12.1 Å². The van der Waals surface area contributed by atoms with Gasteiger partial charge in [-0.15, -0.1) is 0 Å². The summed E-state index contributed by atoms with van der Waals surface area (Å²) in [6.07, 6.45) is 6.94. The molecule has 1 fully saturated rings. The molecule has 1 saturated heterocycles. The van der Waals surface area contributed by atoms with Crippen molar-refractivity contribution in [3.8, 4) is 0 Å². The molecule has 54 valence electrons. The standard InChI is InChI=1S/C8H10O2/c9-8-5-4-6-2-1-3-7(6)10-8/h1,3,6-7H,2,4-5H2/t6-,7-/m1/s1. The summed E-state index contributed by atoms with van der Waals surface area (Å²) in [6.45, 7) is 0. The Bertz CT molecular complexity index is 184. The average Bonchev–Trinajstić information content (AvgIpc) is 2.33. The predicted molar refractivity (Wildman–Crippen MR) is 36.4 cm³/mol. The minimum absolute atomic E-state index is 0.0344. The fourth-order valence-electron chi connectivity index (χ4n) is 1.61. The lowest BCUT2D eigenvalue weighted by molar-refractivity contribution is -0.153. The number of esters is 1. The predicted octanol–water partition coefficient (Wildman–Crippen LogP) is 1.27.